The van der Waals surface area contributed by atoms with Gasteiger partial charge in [-0.25, -0.2) is 4.98 Å². The standard InChI is InChI=1S/C19H20N4O2/c1-11-3-6-15(22-14(11)10-20)21-7-2-8-23-18(24)16-12-4-5-13(9-12)17(16)19(23)25/h3-6,12-13,16-17H,2,7-9H2,1H3,(H,21,22). The van der Waals surface area contributed by atoms with Crippen molar-refractivity contribution >= 4 is 17.6 Å². The molecule has 2 bridgehead atoms. The third-order valence-electron chi connectivity index (χ3n) is 5.63. The minimum atomic E-state index is -0.118. The number of hydrogen-bond donors (Lipinski definition) is 1. The van der Waals surface area contributed by atoms with Crippen LogP contribution in [0.15, 0.2) is 24.3 Å². The highest BCUT2D eigenvalue weighted by molar-refractivity contribution is 6.06. The zero-order valence-electron chi connectivity index (χ0n) is 14.1. The fourth-order valence-electron chi connectivity index (χ4n) is 4.38. The van der Waals surface area contributed by atoms with Gasteiger partial charge in [0.05, 0.1) is 11.8 Å². The molecule has 1 saturated carbocycles. The van der Waals surface area contributed by atoms with Crippen LogP contribution in [0, 0.1) is 41.9 Å². The van der Waals surface area contributed by atoms with Crippen molar-refractivity contribution in [2.75, 3.05) is 18.4 Å². The van der Waals surface area contributed by atoms with E-state index in [-0.39, 0.29) is 35.5 Å². The molecule has 1 N–H and O–H groups in total. The molecule has 2 aliphatic carbocycles. The van der Waals surface area contributed by atoms with Crippen LogP contribution in [-0.4, -0.2) is 34.8 Å². The number of anilines is 1. The molecule has 2 fully saturated rings. The van der Waals surface area contributed by atoms with Crippen LogP contribution < -0.4 is 5.32 Å². The number of aromatic nitrogens is 1. The molecule has 4 rings (SSSR count). The average molecular weight is 336 g/mol. The van der Waals surface area contributed by atoms with Crippen LogP contribution in [-0.2, 0) is 9.59 Å². The molecule has 1 aliphatic heterocycles. The van der Waals surface area contributed by atoms with Gasteiger partial charge in [0.2, 0.25) is 11.8 Å². The molecule has 4 unspecified atom stereocenters. The summed E-state index contributed by atoms with van der Waals surface area (Å²) in [5, 5.41) is 12.2. The number of amides is 2. The molecule has 3 aliphatic rings. The molecule has 0 radical (unpaired) electrons. The second kappa shape index (κ2) is 5.99. The molecule has 2 heterocycles. The van der Waals surface area contributed by atoms with E-state index in [1.54, 1.807) is 0 Å². The Hall–Kier alpha value is -2.68. The van der Waals surface area contributed by atoms with E-state index in [9.17, 15) is 9.59 Å². The Balaban J connectivity index is 1.32. The first kappa shape index (κ1) is 15.8. The lowest BCUT2D eigenvalue weighted by Gasteiger charge is -2.17. The van der Waals surface area contributed by atoms with Gasteiger partial charge in [-0.2, -0.15) is 5.26 Å². The van der Waals surface area contributed by atoms with Gasteiger partial charge in [0.25, 0.3) is 0 Å². The predicted molar refractivity (Wildman–Crippen MR) is 91.2 cm³/mol. The molecule has 1 aromatic rings. The number of pyridine rings is 1. The molecular weight excluding hydrogens is 316 g/mol. The SMILES string of the molecule is Cc1ccc(NCCCN2C(=O)C3C4C=CC(C4)C3C2=O)nc1C#N. The Morgan fingerprint density at radius 2 is 1.92 bits per heavy atom. The monoisotopic (exact) mass is 336 g/mol. The van der Waals surface area contributed by atoms with Gasteiger partial charge in [-0.15, -0.1) is 0 Å². The first-order valence-corrected chi connectivity index (χ1v) is 8.75. The van der Waals surface area contributed by atoms with Crippen molar-refractivity contribution in [2.24, 2.45) is 23.7 Å². The van der Waals surface area contributed by atoms with Crippen molar-refractivity contribution in [2.45, 2.75) is 19.8 Å². The first-order chi connectivity index (χ1) is 12.1. The number of nitrogens with one attached hydrogen (secondary N) is 1. The Morgan fingerprint density at radius 3 is 2.56 bits per heavy atom. The quantitative estimate of drug-likeness (QED) is 0.504. The molecule has 2 amide bonds. The molecule has 128 valence electrons. The number of aryl methyl sites for hydroxylation is 1. The van der Waals surface area contributed by atoms with Crippen LogP contribution in [0.1, 0.15) is 24.1 Å². The van der Waals surface area contributed by atoms with E-state index in [2.05, 4.69) is 28.5 Å². The second-order valence-electron chi connectivity index (χ2n) is 7.08. The number of carbonyl (C=O) groups excluding carboxylic acids is 2. The van der Waals surface area contributed by atoms with Crippen molar-refractivity contribution in [3.63, 3.8) is 0 Å². The van der Waals surface area contributed by atoms with E-state index in [4.69, 9.17) is 5.26 Å². The number of nitrogens with zero attached hydrogens (tertiary/aromatic N) is 3. The average Bonchev–Trinajstić information content (AvgIpc) is 3.28. The summed E-state index contributed by atoms with van der Waals surface area (Å²) in [6.45, 7) is 2.88. The Kier molecular flexibility index (Phi) is 3.79. The third kappa shape index (κ3) is 2.51. The largest absolute Gasteiger partial charge is 0.370 e. The highest BCUT2D eigenvalue weighted by Crippen LogP contribution is 2.52. The van der Waals surface area contributed by atoms with Crippen LogP contribution in [0.2, 0.25) is 0 Å². The van der Waals surface area contributed by atoms with Gasteiger partial charge in [0.1, 0.15) is 17.6 Å². The van der Waals surface area contributed by atoms with E-state index in [0.717, 1.165) is 12.0 Å². The lowest BCUT2D eigenvalue weighted by molar-refractivity contribution is -0.140. The van der Waals surface area contributed by atoms with Crippen LogP contribution in [0.4, 0.5) is 5.82 Å². The van der Waals surface area contributed by atoms with Gasteiger partial charge >= 0.3 is 0 Å². The number of imide groups is 1. The van der Waals surface area contributed by atoms with Crippen molar-refractivity contribution in [1.29, 1.82) is 5.26 Å². The van der Waals surface area contributed by atoms with Crippen LogP contribution in [0.25, 0.3) is 0 Å². The zero-order valence-corrected chi connectivity index (χ0v) is 14.1. The van der Waals surface area contributed by atoms with Gasteiger partial charge in [-0.3, -0.25) is 14.5 Å². The molecule has 4 atom stereocenters. The third-order valence-corrected chi connectivity index (χ3v) is 5.63. The number of nitriles is 1. The lowest BCUT2D eigenvalue weighted by atomic mass is 9.85. The van der Waals surface area contributed by atoms with E-state index in [0.29, 0.717) is 31.0 Å². The molecule has 0 spiro atoms. The molecule has 1 aromatic heterocycles. The van der Waals surface area contributed by atoms with Crippen molar-refractivity contribution < 1.29 is 9.59 Å². The topological polar surface area (TPSA) is 86.1 Å². The number of likely N-dealkylation sites (tertiary alicyclic amines) is 1. The van der Waals surface area contributed by atoms with Gasteiger partial charge in [0.15, 0.2) is 0 Å². The summed E-state index contributed by atoms with van der Waals surface area (Å²) in [6.07, 6.45) is 5.84. The molecule has 25 heavy (non-hydrogen) atoms. The Bertz CT molecular complexity index is 780. The lowest BCUT2D eigenvalue weighted by Crippen LogP contribution is -2.34. The van der Waals surface area contributed by atoms with Crippen molar-refractivity contribution in [3.05, 3.63) is 35.5 Å². The maximum Gasteiger partial charge on any atom is 0.233 e. The molecule has 6 nitrogen and oxygen atoms in total. The van der Waals surface area contributed by atoms with E-state index >= 15 is 0 Å². The number of rotatable bonds is 5. The Morgan fingerprint density at radius 1 is 1.24 bits per heavy atom. The number of hydrogen-bond acceptors (Lipinski definition) is 5. The van der Waals surface area contributed by atoms with E-state index in [1.165, 1.54) is 4.90 Å². The maximum absolute atomic E-state index is 12.6. The first-order valence-electron chi connectivity index (χ1n) is 8.75. The maximum atomic E-state index is 12.6. The van der Waals surface area contributed by atoms with Gasteiger partial charge in [0, 0.05) is 13.1 Å². The zero-order chi connectivity index (χ0) is 17.6. The van der Waals surface area contributed by atoms with Gasteiger partial charge < -0.3 is 5.32 Å². The molecular formula is C19H20N4O2. The Labute approximate surface area is 146 Å². The van der Waals surface area contributed by atoms with E-state index < -0.39 is 0 Å². The summed E-state index contributed by atoms with van der Waals surface area (Å²) in [4.78, 5) is 30.8. The summed E-state index contributed by atoms with van der Waals surface area (Å²) < 4.78 is 0. The predicted octanol–water partition coefficient (Wildman–Crippen LogP) is 1.87. The minimum Gasteiger partial charge on any atom is -0.370 e. The van der Waals surface area contributed by atoms with Gasteiger partial charge in [-0.05, 0) is 43.2 Å². The van der Waals surface area contributed by atoms with Crippen LogP contribution in [0.3, 0.4) is 0 Å². The van der Waals surface area contributed by atoms with Gasteiger partial charge in [-0.1, -0.05) is 18.2 Å². The van der Waals surface area contributed by atoms with Crippen molar-refractivity contribution in [1.82, 2.24) is 9.88 Å². The molecule has 6 heteroatoms. The summed E-state index contributed by atoms with van der Waals surface area (Å²) >= 11 is 0. The summed E-state index contributed by atoms with van der Waals surface area (Å²) in [7, 11) is 0. The fourth-order valence-corrected chi connectivity index (χ4v) is 4.38. The van der Waals surface area contributed by atoms with Crippen LogP contribution in [0.5, 0.6) is 0 Å². The van der Waals surface area contributed by atoms with Crippen molar-refractivity contribution in [3.8, 4) is 6.07 Å². The summed E-state index contributed by atoms with van der Waals surface area (Å²) in [6, 6.07) is 5.75. The molecule has 0 aromatic carbocycles. The normalized spacial score (nSPS) is 29.2. The highest BCUT2D eigenvalue weighted by atomic mass is 16.2. The van der Waals surface area contributed by atoms with E-state index in [1.807, 2.05) is 19.1 Å². The summed E-state index contributed by atoms with van der Waals surface area (Å²) in [5.74, 6) is 0.936. The van der Waals surface area contributed by atoms with Crippen LogP contribution >= 0.6 is 0 Å². The molecule has 1 saturated heterocycles. The minimum absolute atomic E-state index is 0.00655. The number of carbonyl (C=O) groups is 2. The fraction of sp³-hybridized carbons (Fsp3) is 0.474. The highest BCUT2D eigenvalue weighted by Gasteiger charge is 2.58. The summed E-state index contributed by atoms with van der Waals surface area (Å²) in [5.41, 5.74) is 1.25. The smallest absolute Gasteiger partial charge is 0.233 e. The second-order valence-corrected chi connectivity index (χ2v) is 7.08. The number of allylic oxidation sites excluding steroid dienone is 2. The number of fused-ring (bicyclic) bond motifs is 5.